The number of nitrogens with two attached hydrogens (primary N) is 2. The third kappa shape index (κ3) is 1.82. The molecule has 0 bridgehead atoms. The van der Waals surface area contributed by atoms with E-state index in [1.807, 2.05) is 0 Å². The maximum Gasteiger partial charge on any atom is 0.0491 e. The first-order valence-electron chi connectivity index (χ1n) is 6.72. The van der Waals surface area contributed by atoms with Gasteiger partial charge < -0.3 is 16.0 Å². The standard InChI is InChI=1S/C16H19N3/c1-2-19-15-6-4-3-5-12(15)13-9-11(14(18)10-17)7-8-16(13)19/h3-9,14H,2,10,17-18H2,1H3. The number of para-hydroxylation sites is 1. The Morgan fingerprint density at radius 3 is 2.53 bits per heavy atom. The van der Waals surface area contributed by atoms with Crippen molar-refractivity contribution in [2.75, 3.05) is 6.54 Å². The van der Waals surface area contributed by atoms with Crippen molar-refractivity contribution in [3.8, 4) is 0 Å². The molecule has 0 aliphatic heterocycles. The van der Waals surface area contributed by atoms with Crippen molar-refractivity contribution in [3.63, 3.8) is 0 Å². The highest BCUT2D eigenvalue weighted by Gasteiger charge is 2.11. The third-order valence-electron chi connectivity index (χ3n) is 3.79. The molecule has 3 aromatic rings. The summed E-state index contributed by atoms with van der Waals surface area (Å²) in [4.78, 5) is 0. The largest absolute Gasteiger partial charge is 0.341 e. The topological polar surface area (TPSA) is 57.0 Å². The van der Waals surface area contributed by atoms with Crippen molar-refractivity contribution in [2.24, 2.45) is 11.5 Å². The Morgan fingerprint density at radius 2 is 1.79 bits per heavy atom. The van der Waals surface area contributed by atoms with Gasteiger partial charge >= 0.3 is 0 Å². The summed E-state index contributed by atoms with van der Waals surface area (Å²) in [6.07, 6.45) is 0. The van der Waals surface area contributed by atoms with Crippen molar-refractivity contribution in [3.05, 3.63) is 48.0 Å². The van der Waals surface area contributed by atoms with Gasteiger partial charge in [0, 0.05) is 40.9 Å². The zero-order valence-electron chi connectivity index (χ0n) is 11.1. The molecule has 19 heavy (non-hydrogen) atoms. The SMILES string of the molecule is CCn1c2ccccc2c2cc(C(N)CN)ccc21. The summed E-state index contributed by atoms with van der Waals surface area (Å²) in [6, 6.07) is 14.8. The van der Waals surface area contributed by atoms with Crippen LogP contribution in [0.2, 0.25) is 0 Å². The van der Waals surface area contributed by atoms with Crippen molar-refractivity contribution in [1.82, 2.24) is 4.57 Å². The molecule has 0 aliphatic carbocycles. The normalized spacial score (nSPS) is 13.2. The quantitative estimate of drug-likeness (QED) is 0.754. The van der Waals surface area contributed by atoms with Crippen LogP contribution >= 0.6 is 0 Å². The molecule has 0 aliphatic rings. The molecule has 1 atom stereocenters. The Kier molecular flexibility index (Phi) is 3.01. The van der Waals surface area contributed by atoms with Gasteiger partial charge in [0.05, 0.1) is 0 Å². The Labute approximate surface area is 112 Å². The van der Waals surface area contributed by atoms with E-state index in [1.165, 1.54) is 21.8 Å². The van der Waals surface area contributed by atoms with Crippen LogP contribution in [0.15, 0.2) is 42.5 Å². The van der Waals surface area contributed by atoms with E-state index in [-0.39, 0.29) is 6.04 Å². The molecule has 0 saturated carbocycles. The summed E-state index contributed by atoms with van der Waals surface area (Å²) in [5.41, 5.74) is 15.3. The van der Waals surface area contributed by atoms with Gasteiger partial charge in [-0.3, -0.25) is 0 Å². The van der Waals surface area contributed by atoms with Crippen LogP contribution in [0.1, 0.15) is 18.5 Å². The molecule has 98 valence electrons. The van der Waals surface area contributed by atoms with Crippen LogP contribution < -0.4 is 11.5 Å². The summed E-state index contributed by atoms with van der Waals surface area (Å²) in [5.74, 6) is 0. The van der Waals surface area contributed by atoms with Crippen LogP contribution in [-0.4, -0.2) is 11.1 Å². The molecule has 4 N–H and O–H groups in total. The zero-order chi connectivity index (χ0) is 13.4. The van der Waals surface area contributed by atoms with Crippen molar-refractivity contribution < 1.29 is 0 Å². The molecule has 0 fully saturated rings. The number of aryl methyl sites for hydroxylation is 1. The van der Waals surface area contributed by atoms with Gasteiger partial charge in [-0.15, -0.1) is 0 Å². The van der Waals surface area contributed by atoms with E-state index in [2.05, 4.69) is 54.0 Å². The zero-order valence-corrected chi connectivity index (χ0v) is 11.1. The molecule has 3 heteroatoms. The van der Waals surface area contributed by atoms with E-state index >= 15 is 0 Å². The molecule has 0 radical (unpaired) electrons. The molecule has 0 spiro atoms. The van der Waals surface area contributed by atoms with E-state index in [0.717, 1.165) is 12.1 Å². The monoisotopic (exact) mass is 253 g/mol. The van der Waals surface area contributed by atoms with Gasteiger partial charge in [-0.1, -0.05) is 24.3 Å². The van der Waals surface area contributed by atoms with Crippen molar-refractivity contribution in [1.29, 1.82) is 0 Å². The highest BCUT2D eigenvalue weighted by Crippen LogP contribution is 2.30. The Morgan fingerprint density at radius 1 is 1.05 bits per heavy atom. The maximum absolute atomic E-state index is 6.04. The minimum Gasteiger partial charge on any atom is -0.341 e. The highest BCUT2D eigenvalue weighted by molar-refractivity contribution is 6.08. The Balaban J connectivity index is 2.36. The lowest BCUT2D eigenvalue weighted by Gasteiger charge is -2.09. The summed E-state index contributed by atoms with van der Waals surface area (Å²) in [7, 11) is 0. The molecule has 3 rings (SSSR count). The number of aromatic nitrogens is 1. The lowest BCUT2D eigenvalue weighted by molar-refractivity contribution is 0.738. The highest BCUT2D eigenvalue weighted by atomic mass is 15.0. The smallest absolute Gasteiger partial charge is 0.0491 e. The second kappa shape index (κ2) is 4.68. The second-order valence-corrected chi connectivity index (χ2v) is 4.88. The van der Waals surface area contributed by atoms with Gasteiger partial charge in [-0.2, -0.15) is 0 Å². The fourth-order valence-electron chi connectivity index (χ4n) is 2.78. The molecular weight excluding hydrogens is 234 g/mol. The number of fused-ring (bicyclic) bond motifs is 3. The number of benzene rings is 2. The van der Waals surface area contributed by atoms with Gasteiger partial charge in [0.1, 0.15) is 0 Å². The van der Waals surface area contributed by atoms with Crippen molar-refractivity contribution in [2.45, 2.75) is 19.5 Å². The van der Waals surface area contributed by atoms with Crippen LogP contribution in [0.3, 0.4) is 0 Å². The van der Waals surface area contributed by atoms with Gasteiger partial charge in [-0.05, 0) is 30.7 Å². The molecule has 2 aromatic carbocycles. The molecule has 1 aromatic heterocycles. The van der Waals surface area contributed by atoms with Crippen molar-refractivity contribution >= 4 is 21.8 Å². The number of hydrogen-bond acceptors (Lipinski definition) is 2. The fourth-order valence-corrected chi connectivity index (χ4v) is 2.78. The predicted molar refractivity (Wildman–Crippen MR) is 81.1 cm³/mol. The second-order valence-electron chi connectivity index (χ2n) is 4.88. The molecule has 1 heterocycles. The lowest BCUT2D eigenvalue weighted by Crippen LogP contribution is -2.20. The summed E-state index contributed by atoms with van der Waals surface area (Å²) in [5, 5.41) is 2.55. The summed E-state index contributed by atoms with van der Waals surface area (Å²) < 4.78 is 2.34. The Bertz CT molecular complexity index is 727. The van der Waals surface area contributed by atoms with Crippen LogP contribution in [0.4, 0.5) is 0 Å². The van der Waals surface area contributed by atoms with E-state index in [1.54, 1.807) is 0 Å². The minimum atomic E-state index is -0.0897. The molecule has 0 amide bonds. The lowest BCUT2D eigenvalue weighted by atomic mass is 10.0. The van der Waals surface area contributed by atoms with Gasteiger partial charge in [0.25, 0.3) is 0 Å². The number of rotatable bonds is 3. The van der Waals surface area contributed by atoms with Crippen LogP contribution in [0.25, 0.3) is 21.8 Å². The van der Waals surface area contributed by atoms with E-state index in [9.17, 15) is 0 Å². The summed E-state index contributed by atoms with van der Waals surface area (Å²) >= 11 is 0. The molecule has 1 unspecified atom stereocenters. The third-order valence-corrected chi connectivity index (χ3v) is 3.79. The molecule has 0 saturated heterocycles. The molecular formula is C16H19N3. The van der Waals surface area contributed by atoms with Crippen LogP contribution in [0, 0.1) is 0 Å². The molecule has 3 nitrogen and oxygen atoms in total. The number of nitrogens with zero attached hydrogens (tertiary/aromatic N) is 1. The number of hydrogen-bond donors (Lipinski definition) is 2. The maximum atomic E-state index is 6.04. The van der Waals surface area contributed by atoms with Crippen LogP contribution in [0.5, 0.6) is 0 Å². The first-order valence-corrected chi connectivity index (χ1v) is 6.72. The first kappa shape index (κ1) is 12.2. The average molecular weight is 253 g/mol. The van der Waals surface area contributed by atoms with Gasteiger partial charge in [-0.25, -0.2) is 0 Å². The van der Waals surface area contributed by atoms with Crippen LogP contribution in [-0.2, 0) is 6.54 Å². The fraction of sp³-hybridized carbons (Fsp3) is 0.250. The van der Waals surface area contributed by atoms with E-state index in [0.29, 0.717) is 6.54 Å². The first-order chi connectivity index (χ1) is 9.26. The van der Waals surface area contributed by atoms with E-state index < -0.39 is 0 Å². The summed E-state index contributed by atoms with van der Waals surface area (Å²) in [6.45, 7) is 3.61. The predicted octanol–water partition coefficient (Wildman–Crippen LogP) is 2.77. The average Bonchev–Trinajstić information content (AvgIpc) is 2.79. The van der Waals surface area contributed by atoms with E-state index in [4.69, 9.17) is 11.5 Å². The van der Waals surface area contributed by atoms with Gasteiger partial charge in [0.2, 0.25) is 0 Å². The minimum absolute atomic E-state index is 0.0897. The Hall–Kier alpha value is -1.84. The van der Waals surface area contributed by atoms with Gasteiger partial charge in [0.15, 0.2) is 0 Å².